The van der Waals surface area contributed by atoms with E-state index in [1.165, 1.54) is 11.3 Å². The number of urea groups is 1. The van der Waals surface area contributed by atoms with E-state index in [0.717, 1.165) is 20.9 Å². The first kappa shape index (κ1) is 22.0. The highest BCUT2D eigenvalue weighted by Crippen LogP contribution is 2.29. The summed E-state index contributed by atoms with van der Waals surface area (Å²) in [7, 11) is 0. The number of hydrogen-bond donors (Lipinski definition) is 2. The Morgan fingerprint density at radius 2 is 1.84 bits per heavy atom. The summed E-state index contributed by atoms with van der Waals surface area (Å²) in [4.78, 5) is 44.1. The van der Waals surface area contributed by atoms with Crippen LogP contribution < -0.4 is 10.6 Å². The average molecular weight is 469 g/mol. The molecule has 2 aromatic carbocycles. The molecule has 2 N–H and O–H groups in total. The van der Waals surface area contributed by atoms with Gasteiger partial charge in [0, 0.05) is 22.5 Å². The van der Waals surface area contributed by atoms with Crippen molar-refractivity contribution in [3.63, 3.8) is 0 Å². The summed E-state index contributed by atoms with van der Waals surface area (Å²) in [5, 5.41) is 6.46. The van der Waals surface area contributed by atoms with Crippen LogP contribution in [-0.2, 0) is 21.5 Å². The zero-order valence-electron chi connectivity index (χ0n) is 17.5. The van der Waals surface area contributed by atoms with Crippen LogP contribution in [0.5, 0.6) is 0 Å². The Morgan fingerprint density at radius 1 is 1.16 bits per heavy atom. The first-order chi connectivity index (χ1) is 15.2. The number of halogens is 1. The standard InChI is InChI=1S/C23H21ClN4O3S/c1-14-3-7-16(8-4-14)23(2)20(30)28(22(31)27-23)13-19(29)26-21-25-12-18(32-21)11-15-5-9-17(24)10-6-15/h3-10,12H,11,13H2,1-2H3,(H,27,31)(H,25,26,29)/t23-/m0/s1. The molecule has 1 aliphatic heterocycles. The SMILES string of the molecule is Cc1ccc([C@]2(C)NC(=O)N(CC(=O)Nc3ncc(Cc4ccc(Cl)cc4)s3)C2=O)cc1. The number of imide groups is 1. The number of amides is 4. The van der Waals surface area contributed by atoms with E-state index in [0.29, 0.717) is 22.1 Å². The lowest BCUT2D eigenvalue weighted by molar-refractivity contribution is -0.133. The van der Waals surface area contributed by atoms with E-state index in [1.807, 2.05) is 43.3 Å². The Kier molecular flexibility index (Phi) is 5.99. The third-order valence-electron chi connectivity index (χ3n) is 5.30. The summed E-state index contributed by atoms with van der Waals surface area (Å²) in [5.74, 6) is -0.960. The van der Waals surface area contributed by atoms with E-state index in [2.05, 4.69) is 15.6 Å². The summed E-state index contributed by atoms with van der Waals surface area (Å²) in [5.41, 5.74) is 1.57. The van der Waals surface area contributed by atoms with Crippen LogP contribution in [0.4, 0.5) is 9.93 Å². The molecule has 9 heteroatoms. The van der Waals surface area contributed by atoms with Gasteiger partial charge in [-0.1, -0.05) is 53.6 Å². The van der Waals surface area contributed by atoms with Crippen LogP contribution in [0.3, 0.4) is 0 Å². The van der Waals surface area contributed by atoms with Gasteiger partial charge in [0.25, 0.3) is 5.91 Å². The van der Waals surface area contributed by atoms with Gasteiger partial charge in [-0.15, -0.1) is 11.3 Å². The molecule has 0 unspecified atom stereocenters. The minimum atomic E-state index is -1.21. The molecule has 3 aromatic rings. The second-order valence-corrected chi connectivity index (χ2v) is 9.35. The van der Waals surface area contributed by atoms with Crippen molar-refractivity contribution in [3.05, 3.63) is 81.3 Å². The van der Waals surface area contributed by atoms with Crippen LogP contribution in [0.25, 0.3) is 0 Å². The second kappa shape index (κ2) is 8.72. The first-order valence-corrected chi connectivity index (χ1v) is 11.1. The normalized spacial score (nSPS) is 18.0. The van der Waals surface area contributed by atoms with Crippen molar-refractivity contribution in [3.8, 4) is 0 Å². The molecule has 1 aromatic heterocycles. The minimum absolute atomic E-state index is 0.391. The predicted molar refractivity (Wildman–Crippen MR) is 124 cm³/mol. The Hall–Kier alpha value is -3.23. The molecule has 4 amide bonds. The number of carbonyl (C=O) groups excluding carboxylic acids is 3. The van der Waals surface area contributed by atoms with Crippen molar-refractivity contribution in [2.24, 2.45) is 0 Å². The van der Waals surface area contributed by atoms with Gasteiger partial charge in [0.05, 0.1) is 0 Å². The summed E-state index contributed by atoms with van der Waals surface area (Å²) >= 11 is 7.25. The lowest BCUT2D eigenvalue weighted by atomic mass is 9.91. The number of benzene rings is 2. The summed E-state index contributed by atoms with van der Waals surface area (Å²) in [6, 6.07) is 14.3. The predicted octanol–water partition coefficient (Wildman–Crippen LogP) is 4.10. The zero-order valence-corrected chi connectivity index (χ0v) is 19.1. The van der Waals surface area contributed by atoms with Crippen molar-refractivity contribution in [2.45, 2.75) is 25.8 Å². The molecule has 0 saturated carbocycles. The largest absolute Gasteiger partial charge is 0.325 e. The summed E-state index contributed by atoms with van der Waals surface area (Å²) in [6.45, 7) is 3.19. The van der Waals surface area contributed by atoms with E-state index in [9.17, 15) is 14.4 Å². The first-order valence-electron chi connectivity index (χ1n) is 9.95. The molecule has 0 spiro atoms. The van der Waals surface area contributed by atoms with Crippen molar-refractivity contribution in [2.75, 3.05) is 11.9 Å². The van der Waals surface area contributed by atoms with Gasteiger partial charge in [-0.05, 0) is 37.1 Å². The molecule has 0 radical (unpaired) electrons. The van der Waals surface area contributed by atoms with Gasteiger partial charge in [-0.3, -0.25) is 14.5 Å². The highest BCUT2D eigenvalue weighted by molar-refractivity contribution is 7.15. The van der Waals surface area contributed by atoms with Gasteiger partial charge in [0.15, 0.2) is 5.13 Å². The number of nitrogens with zero attached hydrogens (tertiary/aromatic N) is 2. The Morgan fingerprint density at radius 3 is 2.53 bits per heavy atom. The van der Waals surface area contributed by atoms with Crippen molar-refractivity contribution >= 4 is 45.9 Å². The van der Waals surface area contributed by atoms with Crippen LogP contribution in [0.15, 0.2) is 54.7 Å². The molecule has 4 rings (SSSR count). The van der Waals surface area contributed by atoms with Crippen molar-refractivity contribution in [1.82, 2.24) is 15.2 Å². The van der Waals surface area contributed by atoms with Crippen LogP contribution >= 0.6 is 22.9 Å². The van der Waals surface area contributed by atoms with Crippen molar-refractivity contribution in [1.29, 1.82) is 0 Å². The molecule has 0 aliphatic carbocycles. The van der Waals surface area contributed by atoms with Crippen molar-refractivity contribution < 1.29 is 14.4 Å². The lowest BCUT2D eigenvalue weighted by Crippen LogP contribution is -2.42. The third kappa shape index (κ3) is 4.51. The van der Waals surface area contributed by atoms with E-state index >= 15 is 0 Å². The average Bonchev–Trinajstić information content (AvgIpc) is 3.28. The Labute approximate surface area is 194 Å². The third-order valence-corrected chi connectivity index (χ3v) is 6.46. The van der Waals surface area contributed by atoms with Gasteiger partial charge >= 0.3 is 6.03 Å². The molecule has 1 fully saturated rings. The molecule has 2 heterocycles. The maximum absolute atomic E-state index is 13.0. The minimum Gasteiger partial charge on any atom is -0.319 e. The Balaban J connectivity index is 1.39. The molecular weight excluding hydrogens is 448 g/mol. The fraction of sp³-hybridized carbons (Fsp3) is 0.217. The molecule has 32 heavy (non-hydrogen) atoms. The van der Waals surface area contributed by atoms with E-state index in [4.69, 9.17) is 11.6 Å². The van der Waals surface area contributed by atoms with Gasteiger partial charge in [-0.25, -0.2) is 9.78 Å². The Bertz CT molecular complexity index is 1180. The van der Waals surface area contributed by atoms with Gasteiger partial charge in [0.2, 0.25) is 5.91 Å². The number of rotatable bonds is 6. The summed E-state index contributed by atoms with van der Waals surface area (Å²) in [6.07, 6.45) is 2.35. The lowest BCUT2D eigenvalue weighted by Gasteiger charge is -2.22. The van der Waals surface area contributed by atoms with Gasteiger partial charge < -0.3 is 10.6 Å². The number of hydrogen-bond acceptors (Lipinski definition) is 5. The number of nitrogens with one attached hydrogen (secondary N) is 2. The monoisotopic (exact) mass is 468 g/mol. The smallest absolute Gasteiger partial charge is 0.319 e. The number of thiazole rings is 1. The fourth-order valence-corrected chi connectivity index (χ4v) is 4.46. The van der Waals surface area contributed by atoms with Crippen LogP contribution in [-0.4, -0.2) is 34.3 Å². The topological polar surface area (TPSA) is 91.4 Å². The molecule has 0 bridgehead atoms. The molecule has 7 nitrogen and oxygen atoms in total. The maximum Gasteiger partial charge on any atom is 0.325 e. The number of aryl methyl sites for hydroxylation is 1. The summed E-state index contributed by atoms with van der Waals surface area (Å²) < 4.78 is 0. The molecule has 1 aliphatic rings. The zero-order chi connectivity index (χ0) is 22.9. The quantitative estimate of drug-likeness (QED) is 0.533. The highest BCUT2D eigenvalue weighted by atomic mass is 35.5. The van der Waals surface area contributed by atoms with E-state index in [-0.39, 0.29) is 0 Å². The maximum atomic E-state index is 13.0. The highest BCUT2D eigenvalue weighted by Gasteiger charge is 2.49. The van der Waals surface area contributed by atoms with Crippen LogP contribution in [0.2, 0.25) is 5.02 Å². The van der Waals surface area contributed by atoms with Gasteiger partial charge in [0.1, 0.15) is 12.1 Å². The van der Waals surface area contributed by atoms with E-state index in [1.54, 1.807) is 25.3 Å². The fourth-order valence-electron chi connectivity index (χ4n) is 3.48. The second-order valence-electron chi connectivity index (χ2n) is 7.80. The molecule has 164 valence electrons. The number of aromatic nitrogens is 1. The molecular formula is C23H21ClN4O3S. The molecule has 1 saturated heterocycles. The van der Waals surface area contributed by atoms with Crippen LogP contribution in [0, 0.1) is 6.92 Å². The van der Waals surface area contributed by atoms with Gasteiger partial charge in [-0.2, -0.15) is 0 Å². The number of carbonyl (C=O) groups is 3. The van der Waals surface area contributed by atoms with Crippen LogP contribution in [0.1, 0.15) is 28.5 Å². The van der Waals surface area contributed by atoms with E-state index < -0.39 is 29.9 Å². The molecule has 1 atom stereocenters. The number of anilines is 1.